The number of piperidine rings is 2. The number of carbonyl (C=O) groups excluding carboxylic acids is 2. The number of likely N-dealkylation sites (tertiary alicyclic amines) is 2. The summed E-state index contributed by atoms with van der Waals surface area (Å²) >= 11 is 0. The number of aliphatic hydroxyl groups is 1. The molecule has 2 aliphatic heterocycles. The molecule has 0 unspecified atom stereocenters. The van der Waals surface area contributed by atoms with E-state index in [1.807, 2.05) is 30.3 Å². The molecule has 0 bridgehead atoms. The molecule has 3 aromatic rings. The highest BCUT2D eigenvalue weighted by atomic mass is 19.1. The zero-order chi connectivity index (χ0) is 23.9. The first-order valence-corrected chi connectivity index (χ1v) is 11.4. The monoisotopic (exact) mass is 463 g/mol. The lowest BCUT2D eigenvalue weighted by atomic mass is 9.69. The smallest absolute Gasteiger partial charge is 0.292 e. The van der Waals surface area contributed by atoms with Crippen LogP contribution in [0.3, 0.4) is 0 Å². The topological polar surface area (TPSA) is 86.9 Å². The SMILES string of the molecule is CN1C(=O)[C@]2(CCCN(C(=O)c3cc(-c4ccc(F)cc4)no3)C2)C[C@@H](O)[C@@H]1c1ccccc1. The first-order valence-electron chi connectivity index (χ1n) is 11.4. The first-order chi connectivity index (χ1) is 16.4. The van der Waals surface area contributed by atoms with Gasteiger partial charge in [0, 0.05) is 31.8 Å². The Balaban J connectivity index is 1.35. The summed E-state index contributed by atoms with van der Waals surface area (Å²) in [5, 5.41) is 15.0. The Bertz CT molecular complexity index is 1200. The van der Waals surface area contributed by atoms with Crippen LogP contribution in [0.15, 0.2) is 65.2 Å². The molecule has 0 radical (unpaired) electrons. The van der Waals surface area contributed by atoms with Crippen molar-refractivity contribution in [1.82, 2.24) is 15.0 Å². The second-order valence-electron chi connectivity index (χ2n) is 9.24. The lowest BCUT2D eigenvalue weighted by Crippen LogP contribution is -2.60. The predicted molar refractivity (Wildman–Crippen MR) is 122 cm³/mol. The van der Waals surface area contributed by atoms with Crippen molar-refractivity contribution in [3.8, 4) is 11.3 Å². The minimum Gasteiger partial charge on any atom is -0.391 e. The normalized spacial score (nSPS) is 25.1. The van der Waals surface area contributed by atoms with Gasteiger partial charge in [0.2, 0.25) is 11.7 Å². The fourth-order valence-electron chi connectivity index (χ4n) is 5.39. The van der Waals surface area contributed by atoms with Gasteiger partial charge in [-0.15, -0.1) is 0 Å². The number of hydrogen-bond acceptors (Lipinski definition) is 5. The van der Waals surface area contributed by atoms with Crippen molar-refractivity contribution in [2.75, 3.05) is 20.1 Å². The van der Waals surface area contributed by atoms with Crippen LogP contribution in [0.25, 0.3) is 11.3 Å². The van der Waals surface area contributed by atoms with Gasteiger partial charge in [-0.05, 0) is 49.1 Å². The number of likely N-dealkylation sites (N-methyl/N-ethyl adjacent to an activating group) is 1. The van der Waals surface area contributed by atoms with Crippen LogP contribution >= 0.6 is 0 Å². The largest absolute Gasteiger partial charge is 0.391 e. The number of amides is 2. The minimum absolute atomic E-state index is 0.0614. The zero-order valence-corrected chi connectivity index (χ0v) is 18.9. The Kier molecular flexibility index (Phi) is 5.69. The molecule has 7 nitrogen and oxygen atoms in total. The Morgan fingerprint density at radius 2 is 1.91 bits per heavy atom. The molecule has 2 saturated heterocycles. The van der Waals surface area contributed by atoms with Crippen LogP contribution in [-0.4, -0.2) is 58.1 Å². The summed E-state index contributed by atoms with van der Waals surface area (Å²) in [5.74, 6) is -0.708. The molecule has 1 N–H and O–H groups in total. The second kappa shape index (κ2) is 8.68. The van der Waals surface area contributed by atoms with E-state index in [0.717, 1.165) is 5.56 Å². The Hall–Kier alpha value is -3.52. The van der Waals surface area contributed by atoms with Crippen LogP contribution in [-0.2, 0) is 4.79 Å². The molecule has 1 spiro atoms. The van der Waals surface area contributed by atoms with E-state index in [9.17, 15) is 19.1 Å². The van der Waals surface area contributed by atoms with Gasteiger partial charge in [0.1, 0.15) is 11.5 Å². The van der Waals surface area contributed by atoms with Crippen LogP contribution in [0.2, 0.25) is 0 Å². The lowest BCUT2D eigenvalue weighted by molar-refractivity contribution is -0.161. The van der Waals surface area contributed by atoms with Gasteiger partial charge in [0.25, 0.3) is 5.91 Å². The van der Waals surface area contributed by atoms with E-state index < -0.39 is 17.6 Å². The van der Waals surface area contributed by atoms with Crippen LogP contribution in [0, 0.1) is 11.2 Å². The molecule has 2 aliphatic rings. The summed E-state index contributed by atoms with van der Waals surface area (Å²) in [7, 11) is 1.72. The summed E-state index contributed by atoms with van der Waals surface area (Å²) in [6.45, 7) is 0.697. The van der Waals surface area contributed by atoms with Gasteiger partial charge >= 0.3 is 0 Å². The van der Waals surface area contributed by atoms with Crippen LogP contribution < -0.4 is 0 Å². The van der Waals surface area contributed by atoms with E-state index in [1.54, 1.807) is 29.0 Å². The second-order valence-corrected chi connectivity index (χ2v) is 9.24. The summed E-state index contributed by atoms with van der Waals surface area (Å²) < 4.78 is 18.5. The predicted octanol–water partition coefficient (Wildman–Crippen LogP) is 3.67. The molecule has 3 heterocycles. The molecule has 0 aliphatic carbocycles. The van der Waals surface area contributed by atoms with Gasteiger partial charge in [-0.3, -0.25) is 9.59 Å². The maximum Gasteiger partial charge on any atom is 0.292 e. The number of benzene rings is 2. The first kappa shape index (κ1) is 22.3. The zero-order valence-electron chi connectivity index (χ0n) is 18.9. The molecule has 2 amide bonds. The molecule has 1 aromatic heterocycles. The van der Waals surface area contributed by atoms with Crippen molar-refractivity contribution >= 4 is 11.8 Å². The lowest BCUT2D eigenvalue weighted by Gasteiger charge is -2.50. The van der Waals surface area contributed by atoms with Gasteiger partial charge in [-0.2, -0.15) is 0 Å². The van der Waals surface area contributed by atoms with Crippen molar-refractivity contribution in [3.05, 3.63) is 77.8 Å². The highest BCUT2D eigenvalue weighted by Crippen LogP contribution is 2.45. The van der Waals surface area contributed by atoms with Crippen molar-refractivity contribution in [2.24, 2.45) is 5.41 Å². The van der Waals surface area contributed by atoms with Crippen molar-refractivity contribution in [3.63, 3.8) is 0 Å². The Morgan fingerprint density at radius 1 is 1.18 bits per heavy atom. The van der Waals surface area contributed by atoms with Crippen molar-refractivity contribution in [1.29, 1.82) is 0 Å². The fraction of sp³-hybridized carbons (Fsp3) is 0.346. The van der Waals surface area contributed by atoms with Gasteiger partial charge in [0.15, 0.2) is 0 Å². The number of nitrogens with zero attached hydrogens (tertiary/aromatic N) is 3. The van der Waals surface area contributed by atoms with Gasteiger partial charge in [-0.25, -0.2) is 4.39 Å². The molecule has 0 saturated carbocycles. The Labute approximate surface area is 196 Å². The van der Waals surface area contributed by atoms with Gasteiger partial charge in [0.05, 0.1) is 17.6 Å². The summed E-state index contributed by atoms with van der Waals surface area (Å²) in [4.78, 5) is 30.0. The highest BCUT2D eigenvalue weighted by Gasteiger charge is 2.52. The highest BCUT2D eigenvalue weighted by molar-refractivity contribution is 5.93. The molecule has 34 heavy (non-hydrogen) atoms. The van der Waals surface area contributed by atoms with E-state index in [1.165, 1.54) is 18.2 Å². The molecule has 2 aromatic carbocycles. The summed E-state index contributed by atoms with van der Waals surface area (Å²) in [6, 6.07) is 16.4. The third-order valence-corrected chi connectivity index (χ3v) is 7.02. The van der Waals surface area contributed by atoms with Crippen LogP contribution in [0.5, 0.6) is 0 Å². The molecule has 176 valence electrons. The van der Waals surface area contributed by atoms with Crippen molar-refractivity contribution < 1.29 is 23.6 Å². The van der Waals surface area contributed by atoms with Crippen LogP contribution in [0.1, 0.15) is 41.4 Å². The molecular weight excluding hydrogens is 437 g/mol. The number of carbonyl (C=O) groups is 2. The fourth-order valence-corrected chi connectivity index (χ4v) is 5.39. The number of halogens is 1. The summed E-state index contributed by atoms with van der Waals surface area (Å²) in [5.41, 5.74) is 1.12. The van der Waals surface area contributed by atoms with E-state index in [2.05, 4.69) is 5.16 Å². The maximum absolute atomic E-state index is 13.6. The molecule has 2 fully saturated rings. The third kappa shape index (κ3) is 3.88. The van der Waals surface area contributed by atoms with Crippen LogP contribution in [0.4, 0.5) is 4.39 Å². The number of aromatic nitrogens is 1. The maximum atomic E-state index is 13.6. The average Bonchev–Trinajstić information content (AvgIpc) is 3.34. The minimum atomic E-state index is -0.840. The number of aliphatic hydroxyl groups excluding tert-OH is 1. The quantitative estimate of drug-likeness (QED) is 0.641. The Morgan fingerprint density at radius 3 is 2.65 bits per heavy atom. The average molecular weight is 464 g/mol. The number of rotatable bonds is 3. The van der Waals surface area contributed by atoms with E-state index in [0.29, 0.717) is 30.6 Å². The molecular formula is C26H26FN3O4. The van der Waals surface area contributed by atoms with Gasteiger partial charge < -0.3 is 19.4 Å². The molecule has 8 heteroatoms. The van der Waals surface area contributed by atoms with E-state index >= 15 is 0 Å². The number of hydrogen-bond donors (Lipinski definition) is 1. The van der Waals surface area contributed by atoms with Gasteiger partial charge in [-0.1, -0.05) is 35.5 Å². The van der Waals surface area contributed by atoms with Crippen molar-refractivity contribution in [2.45, 2.75) is 31.4 Å². The molecule has 3 atom stereocenters. The van der Waals surface area contributed by atoms with E-state index in [-0.39, 0.29) is 36.4 Å². The van der Waals surface area contributed by atoms with E-state index in [4.69, 9.17) is 4.52 Å². The summed E-state index contributed by atoms with van der Waals surface area (Å²) in [6.07, 6.45) is 0.801. The standard InChI is InChI=1S/C26H26FN3O4/c1-29-23(18-6-3-2-4-7-18)21(31)15-26(25(29)33)12-5-13-30(16-26)24(32)22-14-20(28-34-22)17-8-10-19(27)11-9-17/h2-4,6-11,14,21,23,31H,5,12-13,15-16H2,1H3/t21-,23+,26-/m1/s1. The third-order valence-electron chi connectivity index (χ3n) is 7.02. The molecule has 5 rings (SSSR count).